The minimum atomic E-state index is -0.407. The van der Waals surface area contributed by atoms with Crippen molar-refractivity contribution in [1.29, 1.82) is 0 Å². The van der Waals surface area contributed by atoms with E-state index in [1.807, 2.05) is 0 Å². The Bertz CT molecular complexity index is 812. The predicted octanol–water partition coefficient (Wildman–Crippen LogP) is 1.73. The first-order valence-corrected chi connectivity index (χ1v) is 8.40. The number of fused-ring (bicyclic) bond motifs is 2. The highest BCUT2D eigenvalue weighted by molar-refractivity contribution is 5.93. The number of likely N-dealkylation sites (N-methyl/N-ethyl adjacent to an activating group) is 1. The van der Waals surface area contributed by atoms with Gasteiger partial charge in [-0.3, -0.25) is 10.1 Å². The van der Waals surface area contributed by atoms with Crippen LogP contribution in [-0.2, 0) is 11.2 Å². The van der Waals surface area contributed by atoms with Crippen molar-refractivity contribution in [2.75, 3.05) is 13.6 Å². The molecule has 2 heterocycles. The zero-order valence-electron chi connectivity index (χ0n) is 13.9. The molecular formula is C18H22N4O2. The number of H-pyrrole nitrogens is 1. The van der Waals surface area contributed by atoms with E-state index in [1.54, 1.807) is 0 Å². The largest absolute Gasteiger partial charge is 0.361 e. The Morgan fingerprint density at radius 3 is 2.96 bits per heavy atom. The lowest BCUT2D eigenvalue weighted by molar-refractivity contribution is -0.117. The highest BCUT2D eigenvalue weighted by Crippen LogP contribution is 2.42. The number of aromatic amines is 1. The molecule has 1 aliphatic heterocycles. The Hall–Kier alpha value is -2.34. The predicted molar refractivity (Wildman–Crippen MR) is 91.9 cm³/mol. The molecule has 3 atom stereocenters. The van der Waals surface area contributed by atoms with E-state index < -0.39 is 6.03 Å². The number of benzene rings is 1. The number of nitrogens with one attached hydrogen (secondary N) is 3. The van der Waals surface area contributed by atoms with Crippen molar-refractivity contribution in [2.24, 2.45) is 0 Å². The van der Waals surface area contributed by atoms with E-state index >= 15 is 0 Å². The maximum absolute atomic E-state index is 11.9. The molecule has 0 spiro atoms. The summed E-state index contributed by atoms with van der Waals surface area (Å²) < 4.78 is 0. The van der Waals surface area contributed by atoms with Gasteiger partial charge in [-0.15, -0.1) is 0 Å². The first kappa shape index (κ1) is 15.2. The number of hydrogen-bond donors (Lipinski definition) is 3. The third-order valence-electron chi connectivity index (χ3n) is 5.35. The average molecular weight is 326 g/mol. The molecule has 1 aliphatic carbocycles. The molecule has 6 nitrogen and oxygen atoms in total. The molecule has 1 aromatic heterocycles. The van der Waals surface area contributed by atoms with Crippen LogP contribution in [0.5, 0.6) is 0 Å². The quantitative estimate of drug-likeness (QED) is 0.747. The van der Waals surface area contributed by atoms with Crippen molar-refractivity contribution in [2.45, 2.75) is 37.8 Å². The van der Waals surface area contributed by atoms with Gasteiger partial charge in [0.15, 0.2) is 0 Å². The number of piperidine rings is 1. The third kappa shape index (κ3) is 2.47. The lowest BCUT2D eigenvalue weighted by atomic mass is 9.74. The summed E-state index contributed by atoms with van der Waals surface area (Å²) >= 11 is 0. The van der Waals surface area contributed by atoms with Crippen LogP contribution in [0.15, 0.2) is 24.4 Å². The van der Waals surface area contributed by atoms with E-state index in [4.69, 9.17) is 0 Å². The molecule has 126 valence electrons. The number of imide groups is 1. The van der Waals surface area contributed by atoms with Crippen molar-refractivity contribution in [1.82, 2.24) is 20.5 Å². The second-order valence-electron chi connectivity index (χ2n) is 6.99. The number of nitrogens with zero attached hydrogens (tertiary/aromatic N) is 1. The lowest BCUT2D eigenvalue weighted by Crippen LogP contribution is -2.56. The molecule has 0 unspecified atom stereocenters. The number of likely N-dealkylation sites (tertiary alicyclic amines) is 1. The summed E-state index contributed by atoms with van der Waals surface area (Å²) in [6.07, 6.45) is 4.05. The van der Waals surface area contributed by atoms with Crippen LogP contribution in [0.2, 0.25) is 0 Å². The number of carbonyl (C=O) groups is 2. The summed E-state index contributed by atoms with van der Waals surface area (Å²) in [4.78, 5) is 28.6. The molecule has 0 radical (unpaired) electrons. The van der Waals surface area contributed by atoms with Gasteiger partial charge in [-0.25, -0.2) is 4.79 Å². The molecule has 1 fully saturated rings. The zero-order chi connectivity index (χ0) is 16.8. The Morgan fingerprint density at radius 1 is 1.33 bits per heavy atom. The maximum Gasteiger partial charge on any atom is 0.321 e. The normalized spacial score (nSPS) is 26.0. The minimum Gasteiger partial charge on any atom is -0.361 e. The number of amides is 3. The van der Waals surface area contributed by atoms with Crippen molar-refractivity contribution >= 4 is 22.8 Å². The zero-order valence-corrected chi connectivity index (χ0v) is 13.9. The summed E-state index contributed by atoms with van der Waals surface area (Å²) in [5, 5.41) is 6.59. The summed E-state index contributed by atoms with van der Waals surface area (Å²) in [6.45, 7) is 2.14. The van der Waals surface area contributed by atoms with E-state index in [0.717, 1.165) is 19.4 Å². The standard InChI is InChI=1S/C18H22N4O2/c1-10(23)20-18(24)21-12-7-14-13-4-3-5-15-17(13)11(8-19-15)6-16(14)22(2)9-12/h3-5,8,12,14,16,19H,6-7,9H2,1-2H3,(H2,20,21,23,24)/t12-,14-,16-/m1/s1. The molecule has 0 bridgehead atoms. The van der Waals surface area contributed by atoms with Gasteiger partial charge in [-0.05, 0) is 37.1 Å². The number of aromatic nitrogens is 1. The van der Waals surface area contributed by atoms with Crippen LogP contribution in [0.1, 0.15) is 30.4 Å². The second-order valence-corrected chi connectivity index (χ2v) is 6.99. The van der Waals surface area contributed by atoms with Gasteiger partial charge in [0.25, 0.3) is 0 Å². The molecule has 24 heavy (non-hydrogen) atoms. The van der Waals surface area contributed by atoms with E-state index in [1.165, 1.54) is 29.0 Å². The molecule has 4 rings (SSSR count). The molecule has 6 heteroatoms. The highest BCUT2D eigenvalue weighted by Gasteiger charge is 2.39. The Morgan fingerprint density at radius 2 is 2.17 bits per heavy atom. The Labute approximate surface area is 140 Å². The van der Waals surface area contributed by atoms with Gasteiger partial charge in [0.2, 0.25) is 5.91 Å². The van der Waals surface area contributed by atoms with E-state index in [0.29, 0.717) is 12.0 Å². The summed E-state index contributed by atoms with van der Waals surface area (Å²) in [7, 11) is 2.12. The topological polar surface area (TPSA) is 77.2 Å². The summed E-state index contributed by atoms with van der Waals surface area (Å²) in [5.41, 5.74) is 3.94. The fourth-order valence-corrected chi connectivity index (χ4v) is 4.43. The average Bonchev–Trinajstić information content (AvgIpc) is 2.92. The van der Waals surface area contributed by atoms with Crippen molar-refractivity contribution in [3.8, 4) is 0 Å². The van der Waals surface area contributed by atoms with Crippen LogP contribution in [-0.4, -0.2) is 47.5 Å². The van der Waals surface area contributed by atoms with E-state index in [2.05, 4.69) is 52.0 Å². The molecule has 1 aromatic carbocycles. The highest BCUT2D eigenvalue weighted by atomic mass is 16.2. The Balaban J connectivity index is 1.61. The fourth-order valence-electron chi connectivity index (χ4n) is 4.43. The van der Waals surface area contributed by atoms with Gasteiger partial charge >= 0.3 is 6.03 Å². The van der Waals surface area contributed by atoms with Crippen LogP contribution in [0.25, 0.3) is 10.9 Å². The molecule has 2 aliphatic rings. The van der Waals surface area contributed by atoms with Gasteiger partial charge in [0.1, 0.15) is 0 Å². The van der Waals surface area contributed by atoms with Crippen LogP contribution >= 0.6 is 0 Å². The molecule has 3 N–H and O–H groups in total. The number of rotatable bonds is 1. The van der Waals surface area contributed by atoms with Crippen molar-refractivity contribution in [3.05, 3.63) is 35.5 Å². The molecule has 0 saturated carbocycles. The van der Waals surface area contributed by atoms with Crippen LogP contribution < -0.4 is 10.6 Å². The van der Waals surface area contributed by atoms with Gasteiger partial charge in [-0.2, -0.15) is 0 Å². The molecular weight excluding hydrogens is 304 g/mol. The minimum absolute atomic E-state index is 0.0337. The van der Waals surface area contributed by atoms with Crippen molar-refractivity contribution in [3.63, 3.8) is 0 Å². The van der Waals surface area contributed by atoms with Gasteiger partial charge in [0.05, 0.1) is 0 Å². The van der Waals surface area contributed by atoms with Gasteiger partial charge in [-0.1, -0.05) is 12.1 Å². The maximum atomic E-state index is 11.9. The fraction of sp³-hybridized carbons (Fsp3) is 0.444. The number of hydrogen-bond acceptors (Lipinski definition) is 3. The van der Waals surface area contributed by atoms with Crippen LogP contribution in [0, 0.1) is 0 Å². The third-order valence-corrected chi connectivity index (χ3v) is 5.35. The van der Waals surface area contributed by atoms with Crippen molar-refractivity contribution < 1.29 is 9.59 Å². The van der Waals surface area contributed by atoms with E-state index in [-0.39, 0.29) is 11.9 Å². The lowest BCUT2D eigenvalue weighted by Gasteiger charge is -2.45. The second kappa shape index (κ2) is 5.63. The van der Waals surface area contributed by atoms with E-state index in [9.17, 15) is 9.59 Å². The summed E-state index contributed by atoms with van der Waals surface area (Å²) in [6, 6.07) is 6.50. The molecule has 2 aromatic rings. The molecule has 1 saturated heterocycles. The van der Waals surface area contributed by atoms with Gasteiger partial charge in [0, 0.05) is 48.6 Å². The molecule has 3 amide bonds. The summed E-state index contributed by atoms with van der Waals surface area (Å²) in [5.74, 6) is 0.0484. The number of carbonyl (C=O) groups excluding carboxylic acids is 2. The van der Waals surface area contributed by atoms with Gasteiger partial charge < -0.3 is 15.2 Å². The van der Waals surface area contributed by atoms with Crippen LogP contribution in [0.4, 0.5) is 4.79 Å². The Kier molecular flexibility index (Phi) is 3.57. The first-order chi connectivity index (χ1) is 11.5. The SMILES string of the molecule is CC(=O)NC(=O)N[C@@H]1C[C@@H]2c3cccc4[nH]cc(c34)C[C@H]2N(C)C1. The number of urea groups is 1. The smallest absolute Gasteiger partial charge is 0.321 e. The monoisotopic (exact) mass is 326 g/mol. The first-order valence-electron chi connectivity index (χ1n) is 8.40. The van der Waals surface area contributed by atoms with Crippen LogP contribution in [0.3, 0.4) is 0 Å².